The van der Waals surface area contributed by atoms with Gasteiger partial charge in [0.25, 0.3) is 5.91 Å². The lowest BCUT2D eigenvalue weighted by Crippen LogP contribution is -2.29. The molecular weight excluding hydrogens is 301 g/mol. The molecule has 1 aliphatic rings. The van der Waals surface area contributed by atoms with Crippen LogP contribution in [0.1, 0.15) is 26.3 Å². The smallest absolute Gasteiger partial charge is 0.338 e. The molecule has 1 aliphatic heterocycles. The van der Waals surface area contributed by atoms with Crippen LogP contribution in [0.15, 0.2) is 36.4 Å². The van der Waals surface area contributed by atoms with E-state index >= 15 is 0 Å². The Morgan fingerprint density at radius 2 is 2.00 bits per heavy atom. The zero-order valence-corrected chi connectivity index (χ0v) is 12.4. The highest BCUT2D eigenvalue weighted by Gasteiger charge is 2.26. The number of carbonyl (C=O) groups is 2. The number of hydrogen-bond donors (Lipinski definition) is 1. The fourth-order valence-electron chi connectivity index (χ4n) is 2.69. The van der Waals surface area contributed by atoms with Crippen LogP contribution in [0.3, 0.4) is 0 Å². The van der Waals surface area contributed by atoms with Gasteiger partial charge in [-0.1, -0.05) is 0 Å². The molecule has 0 fully saturated rings. The molecule has 0 radical (unpaired) electrons. The van der Waals surface area contributed by atoms with Crippen LogP contribution in [0, 0.1) is 5.82 Å². The maximum absolute atomic E-state index is 13.8. The Balaban J connectivity index is 1.91. The lowest BCUT2D eigenvalue weighted by molar-refractivity contribution is 0.0691. The minimum absolute atomic E-state index is 0.121. The standard InChI is InChI=1S/C17H14FNO4/c1-23-12-3-5-15-10(8-12)6-7-19(15)16(20)11-2-4-13(17(21)22)14(18)9-11/h2-5,8-9H,6-7H2,1H3,(H,21,22). The third kappa shape index (κ3) is 2.63. The monoisotopic (exact) mass is 315 g/mol. The largest absolute Gasteiger partial charge is 0.497 e. The Labute approximate surface area is 131 Å². The molecule has 2 aromatic rings. The van der Waals surface area contributed by atoms with Crippen molar-refractivity contribution in [2.24, 2.45) is 0 Å². The van der Waals surface area contributed by atoms with Crippen molar-refractivity contribution in [3.63, 3.8) is 0 Å². The number of amides is 1. The number of benzene rings is 2. The zero-order chi connectivity index (χ0) is 16.6. The molecule has 1 heterocycles. The number of aromatic carboxylic acids is 1. The van der Waals surface area contributed by atoms with Crippen molar-refractivity contribution in [2.75, 3.05) is 18.6 Å². The van der Waals surface area contributed by atoms with E-state index in [9.17, 15) is 14.0 Å². The maximum Gasteiger partial charge on any atom is 0.338 e. The van der Waals surface area contributed by atoms with Gasteiger partial charge in [-0.05, 0) is 48.4 Å². The highest BCUT2D eigenvalue weighted by Crippen LogP contribution is 2.32. The van der Waals surface area contributed by atoms with Crippen molar-refractivity contribution < 1.29 is 23.8 Å². The average molecular weight is 315 g/mol. The summed E-state index contributed by atoms with van der Waals surface area (Å²) in [4.78, 5) is 25.0. The first-order valence-electron chi connectivity index (χ1n) is 7.03. The second-order valence-corrected chi connectivity index (χ2v) is 5.20. The van der Waals surface area contributed by atoms with Gasteiger partial charge in [-0.15, -0.1) is 0 Å². The van der Waals surface area contributed by atoms with Crippen LogP contribution >= 0.6 is 0 Å². The first-order chi connectivity index (χ1) is 11.0. The summed E-state index contributed by atoms with van der Waals surface area (Å²) in [6.45, 7) is 0.490. The maximum atomic E-state index is 13.8. The van der Waals surface area contributed by atoms with Crippen LogP contribution in [-0.2, 0) is 6.42 Å². The third-order valence-corrected chi connectivity index (χ3v) is 3.87. The lowest BCUT2D eigenvalue weighted by Gasteiger charge is -2.18. The van der Waals surface area contributed by atoms with Crippen molar-refractivity contribution >= 4 is 17.6 Å². The average Bonchev–Trinajstić information content (AvgIpc) is 2.96. The van der Waals surface area contributed by atoms with E-state index in [0.29, 0.717) is 13.0 Å². The lowest BCUT2D eigenvalue weighted by atomic mass is 10.1. The van der Waals surface area contributed by atoms with Crippen LogP contribution in [0.25, 0.3) is 0 Å². The molecule has 6 heteroatoms. The Bertz CT molecular complexity index is 803. The van der Waals surface area contributed by atoms with Crippen LogP contribution in [0.4, 0.5) is 10.1 Å². The fourth-order valence-corrected chi connectivity index (χ4v) is 2.69. The van der Waals surface area contributed by atoms with Crippen molar-refractivity contribution in [3.05, 3.63) is 58.9 Å². The summed E-state index contributed by atoms with van der Waals surface area (Å²) < 4.78 is 18.9. The van der Waals surface area contributed by atoms with Gasteiger partial charge in [0.2, 0.25) is 0 Å². The van der Waals surface area contributed by atoms with Crippen LogP contribution in [0.5, 0.6) is 5.75 Å². The van der Waals surface area contributed by atoms with Gasteiger partial charge in [0.05, 0.1) is 12.7 Å². The summed E-state index contributed by atoms with van der Waals surface area (Å²) in [6.07, 6.45) is 0.688. The van der Waals surface area contributed by atoms with Crippen LogP contribution in [-0.4, -0.2) is 30.6 Å². The van der Waals surface area contributed by atoms with Gasteiger partial charge >= 0.3 is 5.97 Å². The van der Waals surface area contributed by atoms with E-state index in [1.54, 1.807) is 24.1 Å². The SMILES string of the molecule is COc1ccc2c(c1)CCN2C(=O)c1ccc(C(=O)O)c(F)c1. The first kappa shape index (κ1) is 15.0. The number of nitrogens with zero attached hydrogens (tertiary/aromatic N) is 1. The number of carboxylic acids is 1. The van der Waals surface area contributed by atoms with Crippen molar-refractivity contribution in [2.45, 2.75) is 6.42 Å². The van der Waals surface area contributed by atoms with Crippen molar-refractivity contribution in [3.8, 4) is 5.75 Å². The van der Waals surface area contributed by atoms with E-state index in [2.05, 4.69) is 0 Å². The second-order valence-electron chi connectivity index (χ2n) is 5.20. The number of rotatable bonds is 3. The number of hydrogen-bond acceptors (Lipinski definition) is 3. The number of fused-ring (bicyclic) bond motifs is 1. The van der Waals surface area contributed by atoms with Crippen molar-refractivity contribution in [1.82, 2.24) is 0 Å². The highest BCUT2D eigenvalue weighted by atomic mass is 19.1. The Morgan fingerprint density at radius 1 is 1.22 bits per heavy atom. The molecular formula is C17H14FNO4. The molecule has 3 rings (SSSR count). The summed E-state index contributed by atoms with van der Waals surface area (Å²) in [7, 11) is 1.58. The third-order valence-electron chi connectivity index (χ3n) is 3.87. The number of carboxylic acid groups (broad SMARTS) is 1. The number of carbonyl (C=O) groups excluding carboxylic acids is 1. The predicted molar refractivity (Wildman–Crippen MR) is 81.7 cm³/mol. The molecule has 1 N–H and O–H groups in total. The number of anilines is 1. The molecule has 0 aliphatic carbocycles. The summed E-state index contributed by atoms with van der Waals surface area (Å²) in [5.74, 6) is -1.92. The number of ether oxygens (including phenoxy) is 1. The van der Waals surface area contributed by atoms with E-state index in [0.717, 1.165) is 29.1 Å². The minimum atomic E-state index is -1.36. The summed E-state index contributed by atoms with van der Waals surface area (Å²) in [5.41, 5.74) is 1.42. The van der Waals surface area contributed by atoms with Gasteiger partial charge in [-0.2, -0.15) is 0 Å². The molecule has 0 saturated carbocycles. The summed E-state index contributed by atoms with van der Waals surface area (Å²) in [6, 6.07) is 8.83. The van der Waals surface area contributed by atoms with Crippen LogP contribution < -0.4 is 9.64 Å². The topological polar surface area (TPSA) is 66.8 Å². The summed E-state index contributed by atoms with van der Waals surface area (Å²) in [5, 5.41) is 8.84. The fraction of sp³-hybridized carbons (Fsp3) is 0.176. The normalized spacial score (nSPS) is 12.9. The molecule has 23 heavy (non-hydrogen) atoms. The van der Waals surface area contributed by atoms with E-state index in [1.807, 2.05) is 6.07 Å². The van der Waals surface area contributed by atoms with Gasteiger partial charge in [-0.3, -0.25) is 4.79 Å². The quantitative estimate of drug-likeness (QED) is 0.946. The molecule has 5 nitrogen and oxygen atoms in total. The van der Waals surface area contributed by atoms with E-state index in [1.165, 1.54) is 6.07 Å². The van der Waals surface area contributed by atoms with Gasteiger partial charge in [0.1, 0.15) is 11.6 Å². The first-order valence-corrected chi connectivity index (χ1v) is 7.03. The van der Waals surface area contributed by atoms with E-state index < -0.39 is 17.3 Å². The van der Waals surface area contributed by atoms with E-state index in [-0.39, 0.29) is 11.5 Å². The zero-order valence-electron chi connectivity index (χ0n) is 12.4. The Kier molecular flexibility index (Phi) is 3.73. The van der Waals surface area contributed by atoms with Gasteiger partial charge in [0, 0.05) is 17.8 Å². The van der Waals surface area contributed by atoms with Crippen LogP contribution in [0.2, 0.25) is 0 Å². The molecule has 2 aromatic carbocycles. The molecule has 0 unspecified atom stereocenters. The van der Waals surface area contributed by atoms with E-state index in [4.69, 9.17) is 9.84 Å². The minimum Gasteiger partial charge on any atom is -0.497 e. The molecule has 0 atom stereocenters. The van der Waals surface area contributed by atoms with Gasteiger partial charge in [0.15, 0.2) is 0 Å². The van der Waals surface area contributed by atoms with Gasteiger partial charge in [-0.25, -0.2) is 9.18 Å². The summed E-state index contributed by atoms with van der Waals surface area (Å²) >= 11 is 0. The highest BCUT2D eigenvalue weighted by molar-refractivity contribution is 6.07. The van der Waals surface area contributed by atoms with Crippen molar-refractivity contribution in [1.29, 1.82) is 0 Å². The molecule has 118 valence electrons. The predicted octanol–water partition coefficient (Wildman–Crippen LogP) is 2.74. The molecule has 0 bridgehead atoms. The molecule has 0 saturated heterocycles. The number of methoxy groups -OCH3 is 1. The Hall–Kier alpha value is -2.89. The molecule has 0 spiro atoms. The van der Waals surface area contributed by atoms with Gasteiger partial charge < -0.3 is 14.7 Å². The number of halogens is 1. The molecule has 0 aromatic heterocycles. The Morgan fingerprint density at radius 3 is 2.65 bits per heavy atom. The second kappa shape index (κ2) is 5.72. The molecule has 1 amide bonds.